The molecule has 2 aliphatic heterocycles. The summed E-state index contributed by atoms with van der Waals surface area (Å²) in [5.41, 5.74) is 15.2. The SMILES string of the molecule is B/C=C\C=C/Nc1cc(N(c2ccccc2)c2ccc(-c3ccc(N(c4ccccc4)c4ccc5c(c4)N4C=CC=CB4N5c4ccccc4)cc3)cc2)ccc1Nc1ccccc1. The number of hydrogen-bond donors (Lipinski definition) is 2. The number of anilines is 12. The number of benzene rings is 8. The lowest BCUT2D eigenvalue weighted by atomic mass is 9.71. The molecule has 0 spiro atoms. The van der Waals surface area contributed by atoms with Crippen LogP contribution in [0.2, 0.25) is 0 Å². The minimum atomic E-state index is 0.0705. The molecule has 0 aliphatic carbocycles. The minimum Gasteiger partial charge on any atom is -0.366 e. The topological polar surface area (TPSA) is 37.0 Å². The van der Waals surface area contributed by atoms with Crippen LogP contribution in [0.3, 0.4) is 0 Å². The molecule has 0 fully saturated rings. The number of allylic oxidation sites excluding steroid dienone is 4. The van der Waals surface area contributed by atoms with Crippen molar-refractivity contribution in [3.8, 4) is 11.1 Å². The van der Waals surface area contributed by atoms with Crippen molar-refractivity contribution in [2.45, 2.75) is 0 Å². The zero-order chi connectivity index (χ0) is 43.1. The van der Waals surface area contributed by atoms with E-state index in [9.17, 15) is 0 Å². The van der Waals surface area contributed by atoms with Gasteiger partial charge in [0.2, 0.25) is 0 Å². The predicted octanol–water partition coefficient (Wildman–Crippen LogP) is 14.2. The lowest BCUT2D eigenvalue weighted by Crippen LogP contribution is -2.42. The van der Waals surface area contributed by atoms with E-state index in [1.807, 2.05) is 50.4 Å². The quantitative estimate of drug-likeness (QED) is 0.0891. The first-order valence-corrected chi connectivity index (χ1v) is 21.7. The van der Waals surface area contributed by atoms with E-state index in [0.29, 0.717) is 0 Å². The lowest BCUT2D eigenvalue weighted by Gasteiger charge is -2.27. The van der Waals surface area contributed by atoms with Crippen LogP contribution in [-0.2, 0) is 0 Å². The zero-order valence-electron chi connectivity index (χ0n) is 35.6. The van der Waals surface area contributed by atoms with Gasteiger partial charge in [-0.05, 0) is 139 Å². The van der Waals surface area contributed by atoms with Crippen LogP contribution in [0.15, 0.2) is 255 Å². The molecule has 0 atom stereocenters. The monoisotopic (exact) mass is 824 g/mol. The molecule has 2 N–H and O–H groups in total. The Bertz CT molecular complexity index is 2960. The Labute approximate surface area is 377 Å². The predicted molar refractivity (Wildman–Crippen MR) is 277 cm³/mol. The van der Waals surface area contributed by atoms with E-state index in [-0.39, 0.29) is 6.98 Å². The fourth-order valence-electron chi connectivity index (χ4n) is 8.54. The van der Waals surface area contributed by atoms with Crippen LogP contribution in [0, 0.1) is 0 Å². The molecular weight excluding hydrogens is 778 g/mol. The first-order valence-electron chi connectivity index (χ1n) is 21.7. The number of rotatable bonds is 13. The van der Waals surface area contributed by atoms with Crippen molar-refractivity contribution in [1.29, 1.82) is 0 Å². The van der Waals surface area contributed by atoms with Gasteiger partial charge in [0.1, 0.15) is 7.85 Å². The Morgan fingerprint density at radius 1 is 0.469 bits per heavy atom. The Hall–Kier alpha value is -8.35. The molecule has 0 unspecified atom stereocenters. The summed E-state index contributed by atoms with van der Waals surface area (Å²) in [6, 6.07) is 73.2. The average Bonchev–Trinajstić information content (AvgIpc) is 3.69. The van der Waals surface area contributed by atoms with E-state index in [1.165, 1.54) is 17.1 Å². The van der Waals surface area contributed by atoms with Crippen molar-refractivity contribution in [3.63, 3.8) is 0 Å². The summed E-state index contributed by atoms with van der Waals surface area (Å²) >= 11 is 0. The molecule has 8 heteroatoms. The van der Waals surface area contributed by atoms with Gasteiger partial charge in [0.25, 0.3) is 0 Å². The van der Waals surface area contributed by atoms with Gasteiger partial charge in [0.15, 0.2) is 0 Å². The third kappa shape index (κ3) is 8.20. The maximum absolute atomic E-state index is 3.60. The van der Waals surface area contributed by atoms with Crippen molar-refractivity contribution in [2.75, 3.05) is 30.1 Å². The standard InChI is InChI=1S/C56H46B2N6/c57-37-13-15-39-59-54-41-51(33-35-53(54)60-45-17-5-1-6-18-45)62(46-19-7-2-8-20-46)48-29-25-43(26-30-48)44-27-31-49(32-28-44)63(47-21-9-3-10-22-47)52-34-36-55-56(42-52)61-40-16-14-38-58(61)64(55)50-23-11-4-12-24-50/h1-42,59-60H,57H2/b37-13-,39-15-. The molecule has 306 valence electrons. The highest BCUT2D eigenvalue weighted by atomic mass is 15.3. The van der Waals surface area contributed by atoms with Gasteiger partial charge in [-0.15, -0.1) is 5.98 Å². The molecule has 0 saturated heterocycles. The smallest absolute Gasteiger partial charge is 0.366 e. The summed E-state index contributed by atoms with van der Waals surface area (Å²) in [4.78, 5) is 9.41. The molecule has 6 nitrogen and oxygen atoms in total. The molecule has 8 aromatic carbocycles. The van der Waals surface area contributed by atoms with Gasteiger partial charge >= 0.3 is 6.98 Å². The molecule has 10 rings (SSSR count). The van der Waals surface area contributed by atoms with Crippen molar-refractivity contribution < 1.29 is 0 Å². The summed E-state index contributed by atoms with van der Waals surface area (Å²) in [7, 11) is 2.01. The Kier molecular flexibility index (Phi) is 11.4. The summed E-state index contributed by atoms with van der Waals surface area (Å²) in [5.74, 6) is 4.27. The highest BCUT2D eigenvalue weighted by Gasteiger charge is 2.40. The molecule has 2 heterocycles. The highest BCUT2D eigenvalue weighted by molar-refractivity contribution is 6.76. The van der Waals surface area contributed by atoms with Crippen LogP contribution in [0.25, 0.3) is 11.1 Å². The second kappa shape index (κ2) is 18.3. The number of para-hydroxylation sites is 4. The van der Waals surface area contributed by atoms with Gasteiger partial charge in [-0.1, -0.05) is 115 Å². The normalized spacial score (nSPS) is 12.7. The molecule has 0 aromatic heterocycles. The van der Waals surface area contributed by atoms with Gasteiger partial charge in [0.05, 0.1) is 22.7 Å². The van der Waals surface area contributed by atoms with Crippen molar-refractivity contribution in [3.05, 3.63) is 255 Å². The van der Waals surface area contributed by atoms with E-state index < -0.39 is 0 Å². The lowest BCUT2D eigenvalue weighted by molar-refractivity contribution is 1.28. The molecule has 0 bridgehead atoms. The van der Waals surface area contributed by atoms with Gasteiger partial charge in [-0.25, -0.2) is 0 Å². The summed E-state index contributed by atoms with van der Waals surface area (Å²) in [6.07, 6.45) is 12.4. The fourth-order valence-corrected chi connectivity index (χ4v) is 8.54. The first-order chi connectivity index (χ1) is 31.7. The van der Waals surface area contributed by atoms with Gasteiger partial charge in [-0.3, -0.25) is 0 Å². The van der Waals surface area contributed by atoms with E-state index in [2.05, 4.69) is 242 Å². The van der Waals surface area contributed by atoms with E-state index in [4.69, 9.17) is 0 Å². The number of nitrogens with zero attached hydrogens (tertiary/aromatic N) is 4. The third-order valence-electron chi connectivity index (χ3n) is 11.5. The minimum absolute atomic E-state index is 0.0705. The third-order valence-corrected chi connectivity index (χ3v) is 11.5. The molecule has 0 radical (unpaired) electrons. The van der Waals surface area contributed by atoms with Gasteiger partial charge < -0.3 is 30.1 Å². The van der Waals surface area contributed by atoms with Crippen LogP contribution in [0.5, 0.6) is 0 Å². The maximum atomic E-state index is 3.60. The van der Waals surface area contributed by atoms with Crippen molar-refractivity contribution in [1.82, 2.24) is 0 Å². The van der Waals surface area contributed by atoms with E-state index >= 15 is 0 Å². The van der Waals surface area contributed by atoms with Crippen LogP contribution >= 0.6 is 0 Å². The maximum Gasteiger partial charge on any atom is 0.412 e. The zero-order valence-corrected chi connectivity index (χ0v) is 35.6. The number of fused-ring (bicyclic) bond motifs is 3. The highest BCUT2D eigenvalue weighted by Crippen LogP contribution is 2.48. The van der Waals surface area contributed by atoms with Crippen LogP contribution in [0.4, 0.5) is 68.2 Å². The summed E-state index contributed by atoms with van der Waals surface area (Å²) in [5, 5.41) is 7.12. The number of hydrogen-bond acceptors (Lipinski definition) is 6. The molecule has 0 amide bonds. The van der Waals surface area contributed by atoms with Crippen molar-refractivity contribution in [2.24, 2.45) is 0 Å². The second-order valence-corrected chi connectivity index (χ2v) is 15.6. The molecule has 0 saturated carbocycles. The van der Waals surface area contributed by atoms with Crippen LogP contribution in [-0.4, -0.2) is 14.8 Å². The largest absolute Gasteiger partial charge is 0.412 e. The van der Waals surface area contributed by atoms with Crippen molar-refractivity contribution >= 4 is 83.1 Å². The molecule has 2 aliphatic rings. The molecule has 64 heavy (non-hydrogen) atoms. The Morgan fingerprint density at radius 3 is 1.61 bits per heavy atom. The summed E-state index contributed by atoms with van der Waals surface area (Å²) < 4.78 is 0. The molecule has 8 aromatic rings. The van der Waals surface area contributed by atoms with Crippen LogP contribution in [0.1, 0.15) is 0 Å². The van der Waals surface area contributed by atoms with Gasteiger partial charge in [-0.2, -0.15) is 0 Å². The Morgan fingerprint density at radius 2 is 1.00 bits per heavy atom. The Balaban J connectivity index is 0.960. The average molecular weight is 825 g/mol. The van der Waals surface area contributed by atoms with E-state index in [0.717, 1.165) is 62.3 Å². The summed E-state index contributed by atoms with van der Waals surface area (Å²) in [6.45, 7) is 0.0705. The molecular formula is C56H46B2N6. The fraction of sp³-hybridized carbons (Fsp3) is 0. The second-order valence-electron chi connectivity index (χ2n) is 15.6. The first kappa shape index (κ1) is 39.8. The van der Waals surface area contributed by atoms with E-state index in [1.54, 1.807) is 0 Å². The number of nitrogens with one attached hydrogen (secondary N) is 2. The van der Waals surface area contributed by atoms with Crippen LogP contribution < -0.4 is 30.1 Å². The van der Waals surface area contributed by atoms with Gasteiger partial charge in [0, 0.05) is 51.7 Å².